The highest BCUT2D eigenvalue weighted by Crippen LogP contribution is 2.27. The van der Waals surface area contributed by atoms with E-state index in [0.29, 0.717) is 6.54 Å². The van der Waals surface area contributed by atoms with Crippen molar-refractivity contribution in [3.05, 3.63) is 66.5 Å². The van der Waals surface area contributed by atoms with Gasteiger partial charge in [0.1, 0.15) is 11.6 Å². The summed E-state index contributed by atoms with van der Waals surface area (Å²) in [6.45, 7) is 0.657. The number of hydrogen-bond donors (Lipinski definition) is 1. The van der Waals surface area contributed by atoms with Gasteiger partial charge in [-0.15, -0.1) is 0 Å². The molecule has 0 aliphatic heterocycles. The summed E-state index contributed by atoms with van der Waals surface area (Å²) >= 11 is 0. The van der Waals surface area contributed by atoms with E-state index in [-0.39, 0.29) is 0 Å². The van der Waals surface area contributed by atoms with Crippen LogP contribution in [0, 0.1) is 0 Å². The van der Waals surface area contributed by atoms with Crippen LogP contribution < -0.4 is 4.74 Å². The minimum atomic E-state index is 0.657. The molecule has 0 saturated carbocycles. The van der Waals surface area contributed by atoms with Gasteiger partial charge in [0, 0.05) is 23.5 Å². The molecule has 0 atom stereocenters. The summed E-state index contributed by atoms with van der Waals surface area (Å²) in [4.78, 5) is 8.02. The van der Waals surface area contributed by atoms with Crippen molar-refractivity contribution in [2.45, 2.75) is 6.54 Å². The fourth-order valence-electron chi connectivity index (χ4n) is 2.71. The van der Waals surface area contributed by atoms with E-state index in [1.165, 1.54) is 0 Å². The number of para-hydroxylation sites is 2. The van der Waals surface area contributed by atoms with Crippen LogP contribution in [0.25, 0.3) is 22.4 Å². The molecule has 0 unspecified atom stereocenters. The molecule has 5 heteroatoms. The van der Waals surface area contributed by atoms with Crippen LogP contribution in [0.4, 0.5) is 0 Å². The molecule has 2 aromatic carbocycles. The van der Waals surface area contributed by atoms with Gasteiger partial charge in [0.15, 0.2) is 0 Å². The molecule has 0 amide bonds. The molecule has 4 aromatic rings. The Labute approximate surface area is 133 Å². The standard InChI is InChI=1S/C18H16N4O/c1-23-17-8-7-13(11-14(17)12-22-10-4-9-19-22)18-20-15-5-2-3-6-16(15)21-18/h2-11H,12H2,1H3,(H,20,21). The van der Waals surface area contributed by atoms with Gasteiger partial charge in [0.05, 0.1) is 24.7 Å². The van der Waals surface area contributed by atoms with Gasteiger partial charge in [-0.3, -0.25) is 4.68 Å². The van der Waals surface area contributed by atoms with Crippen molar-refractivity contribution in [1.82, 2.24) is 19.7 Å². The Bertz CT molecular complexity index is 908. The number of hydrogen-bond acceptors (Lipinski definition) is 3. The smallest absolute Gasteiger partial charge is 0.138 e. The fourth-order valence-corrected chi connectivity index (χ4v) is 2.71. The number of methoxy groups -OCH3 is 1. The molecule has 2 heterocycles. The molecule has 0 bridgehead atoms. The van der Waals surface area contributed by atoms with Crippen LogP contribution in [0.2, 0.25) is 0 Å². The lowest BCUT2D eigenvalue weighted by atomic mass is 10.1. The normalized spacial score (nSPS) is 11.0. The Hall–Kier alpha value is -3.08. The van der Waals surface area contributed by atoms with Crippen molar-refractivity contribution in [2.75, 3.05) is 7.11 Å². The van der Waals surface area contributed by atoms with E-state index < -0.39 is 0 Å². The first-order chi connectivity index (χ1) is 11.3. The first-order valence-corrected chi connectivity index (χ1v) is 7.43. The highest BCUT2D eigenvalue weighted by atomic mass is 16.5. The number of benzene rings is 2. The van der Waals surface area contributed by atoms with E-state index in [4.69, 9.17) is 4.74 Å². The van der Waals surface area contributed by atoms with Gasteiger partial charge in [-0.25, -0.2) is 4.98 Å². The van der Waals surface area contributed by atoms with Gasteiger partial charge in [-0.2, -0.15) is 5.10 Å². The van der Waals surface area contributed by atoms with Crippen LogP contribution in [0.1, 0.15) is 5.56 Å². The summed E-state index contributed by atoms with van der Waals surface area (Å²) in [7, 11) is 1.68. The third-order valence-electron chi connectivity index (χ3n) is 3.83. The van der Waals surface area contributed by atoms with Crippen LogP contribution in [-0.4, -0.2) is 26.9 Å². The van der Waals surface area contributed by atoms with E-state index in [9.17, 15) is 0 Å². The molecule has 0 aliphatic rings. The van der Waals surface area contributed by atoms with Gasteiger partial charge in [-0.05, 0) is 36.4 Å². The van der Waals surface area contributed by atoms with Crippen LogP contribution in [0.3, 0.4) is 0 Å². The third-order valence-corrected chi connectivity index (χ3v) is 3.83. The SMILES string of the molecule is COc1ccc(-c2nc3ccccc3[nH]2)cc1Cn1cccn1. The summed E-state index contributed by atoms with van der Waals surface area (Å²) in [5.41, 5.74) is 4.09. The van der Waals surface area contributed by atoms with E-state index >= 15 is 0 Å². The van der Waals surface area contributed by atoms with Gasteiger partial charge < -0.3 is 9.72 Å². The highest BCUT2D eigenvalue weighted by Gasteiger charge is 2.10. The predicted molar refractivity (Wildman–Crippen MR) is 89.4 cm³/mol. The van der Waals surface area contributed by atoms with Crippen molar-refractivity contribution in [3.8, 4) is 17.1 Å². The zero-order valence-corrected chi connectivity index (χ0v) is 12.7. The van der Waals surface area contributed by atoms with Gasteiger partial charge in [0.25, 0.3) is 0 Å². The van der Waals surface area contributed by atoms with Crippen molar-refractivity contribution in [3.63, 3.8) is 0 Å². The molecule has 0 saturated heterocycles. The molecule has 2 aromatic heterocycles. The Morgan fingerprint density at radius 2 is 2.04 bits per heavy atom. The summed E-state index contributed by atoms with van der Waals surface area (Å²) in [5, 5.41) is 4.26. The number of ether oxygens (including phenoxy) is 1. The van der Waals surface area contributed by atoms with Gasteiger partial charge in [-0.1, -0.05) is 12.1 Å². The Morgan fingerprint density at radius 3 is 2.83 bits per heavy atom. The molecule has 0 radical (unpaired) electrons. The lowest BCUT2D eigenvalue weighted by Crippen LogP contribution is -2.02. The number of rotatable bonds is 4. The molecule has 0 aliphatic carbocycles. The summed E-state index contributed by atoms with van der Waals surface area (Å²) < 4.78 is 7.35. The van der Waals surface area contributed by atoms with E-state index in [0.717, 1.165) is 33.7 Å². The van der Waals surface area contributed by atoms with Gasteiger partial charge in [0.2, 0.25) is 0 Å². The maximum atomic E-state index is 5.47. The van der Waals surface area contributed by atoms with Crippen LogP contribution in [0.5, 0.6) is 5.75 Å². The Kier molecular flexibility index (Phi) is 3.31. The Balaban J connectivity index is 1.76. The first-order valence-electron chi connectivity index (χ1n) is 7.43. The van der Waals surface area contributed by atoms with Crippen molar-refractivity contribution >= 4 is 11.0 Å². The maximum Gasteiger partial charge on any atom is 0.138 e. The number of H-pyrrole nitrogens is 1. The number of aromatic nitrogens is 4. The quantitative estimate of drug-likeness (QED) is 0.628. The topological polar surface area (TPSA) is 55.7 Å². The minimum Gasteiger partial charge on any atom is -0.496 e. The van der Waals surface area contributed by atoms with Gasteiger partial charge >= 0.3 is 0 Å². The van der Waals surface area contributed by atoms with E-state index in [2.05, 4.69) is 21.1 Å². The molecule has 4 rings (SSSR count). The van der Waals surface area contributed by atoms with Crippen molar-refractivity contribution in [1.29, 1.82) is 0 Å². The second kappa shape index (κ2) is 5.61. The summed E-state index contributed by atoms with van der Waals surface area (Å²) in [5.74, 6) is 1.70. The summed E-state index contributed by atoms with van der Waals surface area (Å²) in [6, 6.07) is 16.0. The molecule has 0 fully saturated rings. The van der Waals surface area contributed by atoms with Crippen molar-refractivity contribution in [2.24, 2.45) is 0 Å². The average Bonchev–Trinajstić information content (AvgIpc) is 3.23. The monoisotopic (exact) mass is 304 g/mol. The van der Waals surface area contributed by atoms with Crippen molar-refractivity contribution < 1.29 is 4.74 Å². The number of nitrogens with zero attached hydrogens (tertiary/aromatic N) is 3. The highest BCUT2D eigenvalue weighted by molar-refractivity contribution is 5.79. The van der Waals surface area contributed by atoms with E-state index in [1.54, 1.807) is 13.3 Å². The first kappa shape index (κ1) is 13.6. The fraction of sp³-hybridized carbons (Fsp3) is 0.111. The third kappa shape index (κ3) is 2.57. The molecular formula is C18H16N4O. The number of aromatic amines is 1. The second-order valence-corrected chi connectivity index (χ2v) is 5.33. The van der Waals surface area contributed by atoms with Crippen LogP contribution in [-0.2, 0) is 6.54 Å². The molecule has 5 nitrogen and oxygen atoms in total. The minimum absolute atomic E-state index is 0.657. The zero-order valence-electron chi connectivity index (χ0n) is 12.7. The lowest BCUT2D eigenvalue weighted by Gasteiger charge is -2.10. The zero-order chi connectivity index (χ0) is 15.6. The number of fused-ring (bicyclic) bond motifs is 1. The average molecular weight is 304 g/mol. The molecular weight excluding hydrogens is 288 g/mol. The predicted octanol–water partition coefficient (Wildman–Crippen LogP) is 3.48. The lowest BCUT2D eigenvalue weighted by molar-refractivity contribution is 0.407. The second-order valence-electron chi connectivity index (χ2n) is 5.33. The molecule has 0 spiro atoms. The van der Waals surface area contributed by atoms with Crippen LogP contribution >= 0.6 is 0 Å². The largest absolute Gasteiger partial charge is 0.496 e. The number of nitrogens with one attached hydrogen (secondary N) is 1. The molecule has 1 N–H and O–H groups in total. The number of imidazole rings is 1. The molecule has 114 valence electrons. The van der Waals surface area contributed by atoms with Crippen LogP contribution in [0.15, 0.2) is 60.9 Å². The maximum absolute atomic E-state index is 5.47. The molecule has 23 heavy (non-hydrogen) atoms. The van der Waals surface area contributed by atoms with E-state index in [1.807, 2.05) is 53.3 Å². The summed E-state index contributed by atoms with van der Waals surface area (Å²) in [6.07, 6.45) is 3.71. The Morgan fingerprint density at radius 1 is 1.13 bits per heavy atom.